The molecule has 1 unspecified atom stereocenters. The van der Waals surface area contributed by atoms with Gasteiger partial charge in [-0.25, -0.2) is 12.8 Å². The summed E-state index contributed by atoms with van der Waals surface area (Å²) in [7, 11) is -2.66. The van der Waals surface area contributed by atoms with E-state index in [1.165, 1.54) is 25.2 Å². The second kappa shape index (κ2) is 6.34. The van der Waals surface area contributed by atoms with Crippen molar-refractivity contribution in [2.45, 2.75) is 11.0 Å². The number of hydrogen-bond donors (Lipinski definition) is 1. The van der Waals surface area contributed by atoms with Crippen LogP contribution >= 0.6 is 0 Å². The Bertz CT molecular complexity index is 704. The Morgan fingerprint density at radius 2 is 1.67 bits per heavy atom. The molecule has 1 N–H and O–H groups in total. The van der Waals surface area contributed by atoms with Crippen molar-refractivity contribution in [3.63, 3.8) is 0 Å². The minimum Gasteiger partial charge on any atom is -0.387 e. The molecule has 6 heteroatoms. The molecule has 0 heterocycles. The summed E-state index contributed by atoms with van der Waals surface area (Å²) < 4.78 is 39.2. The zero-order chi connectivity index (χ0) is 15.5. The van der Waals surface area contributed by atoms with Crippen LogP contribution in [0.3, 0.4) is 0 Å². The lowest BCUT2D eigenvalue weighted by Gasteiger charge is -2.21. The van der Waals surface area contributed by atoms with Gasteiger partial charge in [0.25, 0.3) is 0 Å². The summed E-state index contributed by atoms with van der Waals surface area (Å²) in [4.78, 5) is -0.396. The van der Waals surface area contributed by atoms with E-state index >= 15 is 0 Å². The third-order valence-electron chi connectivity index (χ3n) is 3.14. The van der Waals surface area contributed by atoms with Gasteiger partial charge in [-0.3, -0.25) is 0 Å². The van der Waals surface area contributed by atoms with Crippen LogP contribution in [-0.4, -0.2) is 31.4 Å². The molecule has 0 aromatic heterocycles. The lowest BCUT2D eigenvalue weighted by atomic mass is 10.1. The number of aliphatic hydroxyl groups excluding tert-OH is 1. The van der Waals surface area contributed by atoms with Gasteiger partial charge < -0.3 is 5.11 Å². The van der Waals surface area contributed by atoms with Gasteiger partial charge in [0.15, 0.2) is 0 Å². The maximum atomic E-state index is 13.6. The van der Waals surface area contributed by atoms with E-state index in [1.54, 1.807) is 30.3 Å². The Morgan fingerprint density at radius 3 is 2.29 bits per heavy atom. The molecule has 0 aliphatic rings. The van der Waals surface area contributed by atoms with E-state index in [1.807, 2.05) is 0 Å². The SMILES string of the molecule is CN(CC(O)c1ccccc1)S(=O)(=O)c1ccccc1F. The molecule has 0 amide bonds. The maximum absolute atomic E-state index is 13.6. The van der Waals surface area contributed by atoms with Crippen molar-refractivity contribution in [1.29, 1.82) is 0 Å². The zero-order valence-electron chi connectivity index (χ0n) is 11.5. The maximum Gasteiger partial charge on any atom is 0.245 e. The summed E-state index contributed by atoms with van der Waals surface area (Å²) in [5, 5.41) is 10.1. The molecule has 0 fully saturated rings. The number of hydrogen-bond acceptors (Lipinski definition) is 3. The third-order valence-corrected chi connectivity index (χ3v) is 5.00. The fourth-order valence-corrected chi connectivity index (χ4v) is 3.18. The summed E-state index contributed by atoms with van der Waals surface area (Å²) in [6.45, 7) is -0.152. The largest absolute Gasteiger partial charge is 0.387 e. The fourth-order valence-electron chi connectivity index (χ4n) is 1.94. The van der Waals surface area contributed by atoms with Gasteiger partial charge in [-0.1, -0.05) is 42.5 Å². The lowest BCUT2D eigenvalue weighted by Crippen LogP contribution is -2.31. The van der Waals surface area contributed by atoms with E-state index in [0.29, 0.717) is 5.56 Å². The van der Waals surface area contributed by atoms with Crippen LogP contribution in [0.15, 0.2) is 59.5 Å². The highest BCUT2D eigenvalue weighted by atomic mass is 32.2. The molecule has 0 aliphatic heterocycles. The van der Waals surface area contributed by atoms with E-state index in [9.17, 15) is 17.9 Å². The number of benzene rings is 2. The predicted molar refractivity (Wildman–Crippen MR) is 77.6 cm³/mol. The van der Waals surface area contributed by atoms with Crippen LogP contribution in [0.1, 0.15) is 11.7 Å². The first-order valence-corrected chi connectivity index (χ1v) is 7.81. The topological polar surface area (TPSA) is 57.6 Å². The quantitative estimate of drug-likeness (QED) is 0.921. The molecule has 4 nitrogen and oxygen atoms in total. The first kappa shape index (κ1) is 15.6. The van der Waals surface area contributed by atoms with E-state index in [0.717, 1.165) is 10.4 Å². The number of sulfonamides is 1. The highest BCUT2D eigenvalue weighted by Gasteiger charge is 2.26. The van der Waals surface area contributed by atoms with Gasteiger partial charge in [0.1, 0.15) is 10.7 Å². The van der Waals surface area contributed by atoms with Gasteiger partial charge >= 0.3 is 0 Å². The summed E-state index contributed by atoms with van der Waals surface area (Å²) in [5.41, 5.74) is 0.605. The van der Waals surface area contributed by atoms with Crippen molar-refractivity contribution in [3.8, 4) is 0 Å². The molecule has 0 aliphatic carbocycles. The van der Waals surface area contributed by atoms with Crippen molar-refractivity contribution in [3.05, 3.63) is 66.0 Å². The second-order valence-electron chi connectivity index (χ2n) is 4.64. The van der Waals surface area contributed by atoms with Gasteiger partial charge in [0, 0.05) is 13.6 Å². The molecule has 0 saturated carbocycles. The van der Waals surface area contributed by atoms with Crippen LogP contribution in [0.25, 0.3) is 0 Å². The van der Waals surface area contributed by atoms with Crippen LogP contribution in [0.2, 0.25) is 0 Å². The molecule has 0 saturated heterocycles. The van der Waals surface area contributed by atoms with Crippen molar-refractivity contribution in [1.82, 2.24) is 4.31 Å². The van der Waals surface area contributed by atoms with E-state index < -0.39 is 26.8 Å². The Kier molecular flexibility index (Phi) is 4.72. The van der Waals surface area contributed by atoms with Crippen LogP contribution < -0.4 is 0 Å². The van der Waals surface area contributed by atoms with Crippen molar-refractivity contribution < 1.29 is 17.9 Å². The minimum absolute atomic E-state index is 0.152. The Morgan fingerprint density at radius 1 is 1.10 bits per heavy atom. The van der Waals surface area contributed by atoms with E-state index in [4.69, 9.17) is 0 Å². The molecule has 0 bridgehead atoms. The average Bonchev–Trinajstić information content (AvgIpc) is 2.48. The van der Waals surface area contributed by atoms with Crippen molar-refractivity contribution in [2.24, 2.45) is 0 Å². The number of nitrogens with zero attached hydrogens (tertiary/aromatic N) is 1. The number of likely N-dealkylation sites (N-methyl/N-ethyl adjacent to an activating group) is 1. The smallest absolute Gasteiger partial charge is 0.245 e. The van der Waals surface area contributed by atoms with E-state index in [2.05, 4.69) is 0 Å². The highest BCUT2D eigenvalue weighted by molar-refractivity contribution is 7.89. The molecule has 112 valence electrons. The van der Waals surface area contributed by atoms with Crippen molar-refractivity contribution in [2.75, 3.05) is 13.6 Å². The van der Waals surface area contributed by atoms with Gasteiger partial charge in [-0.05, 0) is 17.7 Å². The normalized spacial score (nSPS) is 13.3. The molecular weight excluding hydrogens is 293 g/mol. The van der Waals surface area contributed by atoms with Crippen LogP contribution in [-0.2, 0) is 10.0 Å². The molecule has 2 aromatic rings. The number of aliphatic hydroxyl groups is 1. The first-order valence-electron chi connectivity index (χ1n) is 6.37. The molecule has 0 radical (unpaired) electrons. The standard InChI is InChI=1S/C15H16FNO3S/c1-17(11-14(18)12-7-3-2-4-8-12)21(19,20)15-10-6-5-9-13(15)16/h2-10,14,18H,11H2,1H3. The predicted octanol–water partition coefficient (Wildman–Crippen LogP) is 2.18. The highest BCUT2D eigenvalue weighted by Crippen LogP contribution is 2.21. The molecule has 2 rings (SSSR count). The van der Waals surface area contributed by atoms with Crippen molar-refractivity contribution >= 4 is 10.0 Å². The van der Waals surface area contributed by atoms with Gasteiger partial charge in [0.05, 0.1) is 6.10 Å². The lowest BCUT2D eigenvalue weighted by molar-refractivity contribution is 0.155. The van der Waals surface area contributed by atoms with Gasteiger partial charge in [-0.2, -0.15) is 4.31 Å². The average molecular weight is 309 g/mol. The zero-order valence-corrected chi connectivity index (χ0v) is 12.3. The molecule has 2 aromatic carbocycles. The second-order valence-corrected chi connectivity index (χ2v) is 6.66. The number of rotatable bonds is 5. The third kappa shape index (κ3) is 3.47. The first-order chi connectivity index (χ1) is 9.93. The summed E-state index contributed by atoms with van der Waals surface area (Å²) in [6, 6.07) is 13.9. The summed E-state index contributed by atoms with van der Waals surface area (Å²) in [6.07, 6.45) is -0.974. The minimum atomic E-state index is -3.97. The van der Waals surface area contributed by atoms with Crippen LogP contribution in [0.5, 0.6) is 0 Å². The molecule has 21 heavy (non-hydrogen) atoms. The molecule has 0 spiro atoms. The molecule has 1 atom stereocenters. The Balaban J connectivity index is 2.20. The van der Waals surface area contributed by atoms with Crippen LogP contribution in [0.4, 0.5) is 4.39 Å². The summed E-state index contributed by atoms with van der Waals surface area (Å²) >= 11 is 0. The monoisotopic (exact) mass is 309 g/mol. The fraction of sp³-hybridized carbons (Fsp3) is 0.200. The van der Waals surface area contributed by atoms with Crippen LogP contribution in [0, 0.1) is 5.82 Å². The van der Waals surface area contributed by atoms with Gasteiger partial charge in [-0.15, -0.1) is 0 Å². The van der Waals surface area contributed by atoms with E-state index in [-0.39, 0.29) is 6.54 Å². The van der Waals surface area contributed by atoms with Gasteiger partial charge in [0.2, 0.25) is 10.0 Å². The Labute approximate surface area is 123 Å². The summed E-state index contributed by atoms with van der Waals surface area (Å²) in [5.74, 6) is -0.807. The Hall–Kier alpha value is -1.76. The molecular formula is C15H16FNO3S. The number of halogens is 1.